The molecule has 0 bridgehead atoms. The quantitative estimate of drug-likeness (QED) is 0.893. The fourth-order valence-corrected chi connectivity index (χ4v) is 2.86. The highest BCUT2D eigenvalue weighted by Crippen LogP contribution is 2.24. The lowest BCUT2D eigenvalue weighted by Crippen LogP contribution is -2.42. The highest BCUT2D eigenvalue weighted by atomic mass is 79.9. The molecule has 3 nitrogen and oxygen atoms in total. The molecule has 0 radical (unpaired) electrons. The third kappa shape index (κ3) is 4.56. The van der Waals surface area contributed by atoms with E-state index in [4.69, 9.17) is 0 Å². The summed E-state index contributed by atoms with van der Waals surface area (Å²) in [6.07, 6.45) is 1.96. The van der Waals surface area contributed by atoms with E-state index in [2.05, 4.69) is 20.8 Å². The lowest BCUT2D eigenvalue weighted by molar-refractivity contribution is -0.00813. The van der Waals surface area contributed by atoms with Crippen molar-refractivity contribution in [3.8, 4) is 0 Å². The van der Waals surface area contributed by atoms with Crippen molar-refractivity contribution >= 4 is 15.9 Å². The highest BCUT2D eigenvalue weighted by molar-refractivity contribution is 9.10. The Bertz CT molecular complexity index is 412. The molecule has 19 heavy (non-hydrogen) atoms. The summed E-state index contributed by atoms with van der Waals surface area (Å²) in [6.45, 7) is 4.61. The van der Waals surface area contributed by atoms with Gasteiger partial charge in [-0.15, -0.1) is 0 Å². The molecule has 2 rings (SSSR count). The Labute approximate surface area is 123 Å². The highest BCUT2D eigenvalue weighted by Gasteiger charge is 2.27. The first-order valence-electron chi connectivity index (χ1n) is 6.84. The minimum absolute atomic E-state index is 0.417. The van der Waals surface area contributed by atoms with Gasteiger partial charge in [0.15, 0.2) is 0 Å². The predicted octanol–water partition coefficient (Wildman–Crippen LogP) is 2.72. The van der Waals surface area contributed by atoms with Gasteiger partial charge in [-0.25, -0.2) is 0 Å². The van der Waals surface area contributed by atoms with E-state index in [1.165, 1.54) is 0 Å². The molecule has 0 aliphatic carbocycles. The van der Waals surface area contributed by atoms with E-state index in [9.17, 15) is 10.2 Å². The van der Waals surface area contributed by atoms with Gasteiger partial charge in [0.25, 0.3) is 0 Å². The number of likely N-dealkylation sites (tertiary alicyclic amines) is 1. The second-order valence-electron chi connectivity index (χ2n) is 5.70. The largest absolute Gasteiger partial charge is 0.390 e. The zero-order chi connectivity index (χ0) is 13.9. The second-order valence-corrected chi connectivity index (χ2v) is 6.61. The van der Waals surface area contributed by atoms with E-state index in [-0.39, 0.29) is 0 Å². The van der Waals surface area contributed by atoms with E-state index in [0.717, 1.165) is 48.9 Å². The molecule has 1 aliphatic rings. The van der Waals surface area contributed by atoms with Crippen LogP contribution in [0.1, 0.15) is 37.9 Å². The molecule has 0 amide bonds. The number of benzene rings is 1. The maximum Gasteiger partial charge on any atom is 0.0802 e. The van der Waals surface area contributed by atoms with E-state index < -0.39 is 11.7 Å². The zero-order valence-corrected chi connectivity index (χ0v) is 12.9. The van der Waals surface area contributed by atoms with Crippen LogP contribution in [0.2, 0.25) is 0 Å². The van der Waals surface area contributed by atoms with Crippen LogP contribution in [-0.4, -0.2) is 40.3 Å². The van der Waals surface area contributed by atoms with Gasteiger partial charge in [0.2, 0.25) is 0 Å². The van der Waals surface area contributed by atoms with Crippen molar-refractivity contribution in [2.75, 3.05) is 19.6 Å². The van der Waals surface area contributed by atoms with Crippen molar-refractivity contribution in [2.45, 2.75) is 37.9 Å². The molecule has 4 heteroatoms. The lowest BCUT2D eigenvalue weighted by Gasteiger charge is -2.36. The third-order valence-electron chi connectivity index (χ3n) is 3.89. The van der Waals surface area contributed by atoms with Gasteiger partial charge in [0.05, 0.1) is 11.7 Å². The molecule has 1 unspecified atom stereocenters. The maximum absolute atomic E-state index is 10.2. The average molecular weight is 328 g/mol. The third-order valence-corrected chi connectivity index (χ3v) is 4.38. The summed E-state index contributed by atoms with van der Waals surface area (Å²) >= 11 is 3.42. The minimum atomic E-state index is -0.501. The number of aliphatic hydroxyl groups is 2. The summed E-state index contributed by atoms with van der Waals surface area (Å²) in [5, 5.41) is 20.1. The molecule has 1 aliphatic heterocycles. The van der Waals surface area contributed by atoms with Crippen LogP contribution in [0.25, 0.3) is 0 Å². The van der Waals surface area contributed by atoms with Gasteiger partial charge in [0.1, 0.15) is 0 Å². The Morgan fingerprint density at radius 3 is 2.68 bits per heavy atom. The van der Waals surface area contributed by atoms with Crippen molar-refractivity contribution in [1.29, 1.82) is 0 Å². The number of nitrogens with zero attached hydrogens (tertiary/aromatic N) is 1. The monoisotopic (exact) mass is 327 g/mol. The van der Waals surface area contributed by atoms with Crippen LogP contribution in [0.15, 0.2) is 28.7 Å². The molecule has 1 heterocycles. The van der Waals surface area contributed by atoms with Crippen LogP contribution in [0.4, 0.5) is 0 Å². The minimum Gasteiger partial charge on any atom is -0.390 e. The van der Waals surface area contributed by atoms with Crippen LogP contribution in [0.3, 0.4) is 0 Å². The summed E-state index contributed by atoms with van der Waals surface area (Å²) in [4.78, 5) is 2.32. The Morgan fingerprint density at radius 1 is 1.37 bits per heavy atom. The van der Waals surface area contributed by atoms with Gasteiger partial charge in [-0.05, 0) is 43.9 Å². The van der Waals surface area contributed by atoms with Crippen molar-refractivity contribution in [2.24, 2.45) is 0 Å². The van der Waals surface area contributed by atoms with Crippen LogP contribution in [0.5, 0.6) is 0 Å². The Morgan fingerprint density at radius 2 is 2.05 bits per heavy atom. The van der Waals surface area contributed by atoms with Gasteiger partial charge in [-0.3, -0.25) is 0 Å². The SMILES string of the molecule is CC1(O)CCN(CCC(O)c2cccc(Br)c2)CC1. The molecule has 1 aromatic carbocycles. The molecular weight excluding hydrogens is 306 g/mol. The number of hydrogen-bond donors (Lipinski definition) is 2. The number of piperidine rings is 1. The van der Waals surface area contributed by atoms with Crippen LogP contribution >= 0.6 is 15.9 Å². The van der Waals surface area contributed by atoms with Gasteiger partial charge >= 0.3 is 0 Å². The first-order valence-corrected chi connectivity index (χ1v) is 7.64. The molecular formula is C15H22BrNO2. The van der Waals surface area contributed by atoms with E-state index >= 15 is 0 Å². The average Bonchev–Trinajstić information content (AvgIpc) is 2.37. The predicted molar refractivity (Wildman–Crippen MR) is 80.0 cm³/mol. The first kappa shape index (κ1) is 15.0. The van der Waals surface area contributed by atoms with E-state index in [0.29, 0.717) is 0 Å². The van der Waals surface area contributed by atoms with Crippen molar-refractivity contribution < 1.29 is 10.2 Å². The van der Waals surface area contributed by atoms with Crippen LogP contribution in [0, 0.1) is 0 Å². The van der Waals surface area contributed by atoms with E-state index in [1.807, 2.05) is 31.2 Å². The summed E-state index contributed by atoms with van der Waals surface area (Å²) in [5.41, 5.74) is 0.456. The molecule has 106 valence electrons. The Kier molecular flexibility index (Phi) is 5.01. The molecule has 0 saturated carbocycles. The number of aliphatic hydroxyl groups excluding tert-OH is 1. The summed E-state index contributed by atoms with van der Waals surface area (Å²) in [7, 11) is 0. The van der Waals surface area contributed by atoms with E-state index in [1.54, 1.807) is 0 Å². The topological polar surface area (TPSA) is 43.7 Å². The zero-order valence-electron chi connectivity index (χ0n) is 11.3. The standard InChI is InChI=1S/C15H22BrNO2/c1-15(19)6-9-17(10-7-15)8-5-14(18)12-3-2-4-13(16)11-12/h2-4,11,14,18-19H,5-10H2,1H3. The van der Waals surface area contributed by atoms with Gasteiger partial charge in [-0.1, -0.05) is 28.1 Å². The number of hydrogen-bond acceptors (Lipinski definition) is 3. The normalized spacial score (nSPS) is 21.3. The lowest BCUT2D eigenvalue weighted by atomic mass is 9.93. The molecule has 0 aromatic heterocycles. The summed E-state index contributed by atoms with van der Waals surface area (Å²) in [5.74, 6) is 0. The van der Waals surface area contributed by atoms with Gasteiger partial charge < -0.3 is 15.1 Å². The van der Waals surface area contributed by atoms with Crippen LogP contribution < -0.4 is 0 Å². The first-order chi connectivity index (χ1) is 8.96. The molecule has 1 aromatic rings. The second kappa shape index (κ2) is 6.35. The molecule has 1 atom stereocenters. The number of rotatable bonds is 4. The van der Waals surface area contributed by atoms with Crippen molar-refractivity contribution in [3.05, 3.63) is 34.3 Å². The smallest absolute Gasteiger partial charge is 0.0802 e. The molecule has 0 spiro atoms. The van der Waals surface area contributed by atoms with Gasteiger partial charge in [-0.2, -0.15) is 0 Å². The number of halogens is 1. The fraction of sp³-hybridized carbons (Fsp3) is 0.600. The van der Waals surface area contributed by atoms with Gasteiger partial charge in [0, 0.05) is 24.1 Å². The molecule has 1 fully saturated rings. The van der Waals surface area contributed by atoms with Crippen molar-refractivity contribution in [1.82, 2.24) is 4.90 Å². The molecule has 1 saturated heterocycles. The summed E-state index contributed by atoms with van der Waals surface area (Å²) < 4.78 is 0.998. The van der Waals surface area contributed by atoms with Crippen LogP contribution in [-0.2, 0) is 0 Å². The van der Waals surface area contributed by atoms with Crippen molar-refractivity contribution in [3.63, 3.8) is 0 Å². The Balaban J connectivity index is 1.80. The summed E-state index contributed by atoms with van der Waals surface area (Å²) in [6, 6.07) is 7.83. The fourth-order valence-electron chi connectivity index (χ4n) is 2.44. The molecule has 2 N–H and O–H groups in total. The Hall–Kier alpha value is -0.420. The maximum atomic E-state index is 10.2.